The molecule has 0 bridgehead atoms. The van der Waals surface area contributed by atoms with E-state index in [1.54, 1.807) is 7.11 Å². The molecule has 0 aliphatic rings. The second kappa shape index (κ2) is 4.78. The number of pyridine rings is 1. The lowest BCUT2D eigenvalue weighted by atomic mass is 9.89. The monoisotopic (exact) mass is 257 g/mol. The van der Waals surface area contributed by atoms with Crippen molar-refractivity contribution in [2.75, 3.05) is 12.4 Å². The summed E-state index contributed by atoms with van der Waals surface area (Å²) < 4.78 is 5.01. The molecule has 0 spiro atoms. The molecule has 0 atom stereocenters. The molecule has 0 saturated carbocycles. The number of hydrogen-bond acceptors (Lipinski definition) is 2. The van der Waals surface area contributed by atoms with Crippen LogP contribution in [0.2, 0.25) is 0 Å². The van der Waals surface area contributed by atoms with Crippen LogP contribution in [0.3, 0.4) is 0 Å². The fourth-order valence-corrected chi connectivity index (χ4v) is 1.43. The normalized spacial score (nSPS) is 11.4. The molecular weight excluding hydrogens is 242 g/mol. The van der Waals surface area contributed by atoms with Gasteiger partial charge in [-0.05, 0) is 17.4 Å². The molecule has 1 aromatic heterocycles. The first-order valence-electron chi connectivity index (χ1n) is 4.62. The third kappa shape index (κ3) is 3.29. The first-order valence-corrected chi connectivity index (χ1v) is 5.74. The second-order valence-electron chi connectivity index (χ2n) is 4.18. The molecule has 0 radical (unpaired) electrons. The predicted molar refractivity (Wildman–Crippen MR) is 62.1 cm³/mol. The molecule has 0 amide bonds. The van der Waals surface area contributed by atoms with Crippen molar-refractivity contribution in [3.05, 3.63) is 23.9 Å². The van der Waals surface area contributed by atoms with Gasteiger partial charge >= 0.3 is 0 Å². The number of rotatable bonds is 4. The van der Waals surface area contributed by atoms with Gasteiger partial charge in [-0.3, -0.25) is 0 Å². The van der Waals surface area contributed by atoms with Crippen molar-refractivity contribution in [3.63, 3.8) is 0 Å². The van der Waals surface area contributed by atoms with E-state index in [2.05, 4.69) is 40.8 Å². The van der Waals surface area contributed by atoms with Crippen molar-refractivity contribution >= 4 is 15.9 Å². The Hall–Kier alpha value is -0.570. The standard InChI is InChI=1S/C11H16BrNO/c1-11(2,8-12)6-9-4-5-10(14-3)13-7-9/h4-5,7H,6,8H2,1-3H3. The van der Waals surface area contributed by atoms with Crippen molar-refractivity contribution in [1.82, 2.24) is 4.98 Å². The molecular formula is C11H16BrNO. The van der Waals surface area contributed by atoms with Crippen LogP contribution < -0.4 is 4.74 Å². The van der Waals surface area contributed by atoms with Crippen LogP contribution in [0.5, 0.6) is 5.88 Å². The zero-order valence-corrected chi connectivity index (χ0v) is 10.5. The minimum absolute atomic E-state index is 0.274. The van der Waals surface area contributed by atoms with E-state index in [1.165, 1.54) is 5.56 Å². The minimum Gasteiger partial charge on any atom is -0.481 e. The highest BCUT2D eigenvalue weighted by Gasteiger charge is 2.16. The first kappa shape index (κ1) is 11.5. The molecule has 0 N–H and O–H groups in total. The fraction of sp³-hybridized carbons (Fsp3) is 0.545. The number of aromatic nitrogens is 1. The van der Waals surface area contributed by atoms with Crippen LogP contribution in [0, 0.1) is 5.41 Å². The Kier molecular flexibility index (Phi) is 3.93. The van der Waals surface area contributed by atoms with Crippen LogP contribution in [0.25, 0.3) is 0 Å². The van der Waals surface area contributed by atoms with Gasteiger partial charge in [0.05, 0.1) is 7.11 Å². The van der Waals surface area contributed by atoms with Gasteiger partial charge in [0.1, 0.15) is 0 Å². The van der Waals surface area contributed by atoms with Crippen LogP contribution in [-0.2, 0) is 6.42 Å². The third-order valence-corrected chi connectivity index (χ3v) is 3.57. The SMILES string of the molecule is COc1ccc(CC(C)(C)CBr)cn1. The van der Waals surface area contributed by atoms with E-state index < -0.39 is 0 Å². The van der Waals surface area contributed by atoms with E-state index in [1.807, 2.05) is 12.3 Å². The van der Waals surface area contributed by atoms with Gasteiger partial charge < -0.3 is 4.74 Å². The maximum absolute atomic E-state index is 5.01. The summed E-state index contributed by atoms with van der Waals surface area (Å²) in [6, 6.07) is 3.97. The first-order chi connectivity index (χ1) is 6.57. The molecule has 0 unspecified atom stereocenters. The Bertz CT molecular complexity index is 282. The summed E-state index contributed by atoms with van der Waals surface area (Å²) in [6.45, 7) is 4.46. The Labute approximate surface area is 93.8 Å². The summed E-state index contributed by atoms with van der Waals surface area (Å²) in [6.07, 6.45) is 2.90. The highest BCUT2D eigenvalue weighted by molar-refractivity contribution is 9.09. The molecule has 0 aliphatic heterocycles. The van der Waals surface area contributed by atoms with Crippen molar-refractivity contribution < 1.29 is 4.74 Å². The van der Waals surface area contributed by atoms with E-state index in [9.17, 15) is 0 Å². The largest absolute Gasteiger partial charge is 0.481 e. The third-order valence-electron chi connectivity index (χ3n) is 2.05. The zero-order chi connectivity index (χ0) is 10.6. The molecule has 2 nitrogen and oxygen atoms in total. The van der Waals surface area contributed by atoms with Gasteiger partial charge in [0.25, 0.3) is 0 Å². The molecule has 0 aromatic carbocycles. The van der Waals surface area contributed by atoms with Crippen molar-refractivity contribution in [2.24, 2.45) is 5.41 Å². The van der Waals surface area contributed by atoms with E-state index in [-0.39, 0.29) is 5.41 Å². The van der Waals surface area contributed by atoms with Gasteiger partial charge in [0, 0.05) is 17.6 Å². The van der Waals surface area contributed by atoms with E-state index >= 15 is 0 Å². The number of methoxy groups -OCH3 is 1. The Morgan fingerprint density at radius 3 is 2.57 bits per heavy atom. The highest BCUT2D eigenvalue weighted by Crippen LogP contribution is 2.24. The molecule has 1 aromatic rings. The van der Waals surface area contributed by atoms with Gasteiger partial charge in [-0.25, -0.2) is 4.98 Å². The van der Waals surface area contributed by atoms with Gasteiger partial charge in [-0.1, -0.05) is 35.8 Å². The number of alkyl halides is 1. The molecule has 1 rings (SSSR count). The summed E-state index contributed by atoms with van der Waals surface area (Å²) >= 11 is 3.51. The summed E-state index contributed by atoms with van der Waals surface area (Å²) in [4.78, 5) is 4.18. The van der Waals surface area contributed by atoms with Gasteiger partial charge in [0.15, 0.2) is 0 Å². The summed E-state index contributed by atoms with van der Waals surface area (Å²) in [7, 11) is 1.63. The minimum atomic E-state index is 0.274. The molecule has 14 heavy (non-hydrogen) atoms. The lowest BCUT2D eigenvalue weighted by molar-refractivity contribution is 0.395. The molecule has 1 heterocycles. The van der Waals surface area contributed by atoms with Crippen LogP contribution >= 0.6 is 15.9 Å². The molecule has 78 valence electrons. The molecule has 0 aliphatic carbocycles. The lowest BCUT2D eigenvalue weighted by Crippen LogP contribution is -2.16. The summed E-state index contributed by atoms with van der Waals surface area (Å²) in [5.74, 6) is 0.672. The van der Waals surface area contributed by atoms with E-state index in [0.717, 1.165) is 11.8 Å². The maximum atomic E-state index is 5.01. The van der Waals surface area contributed by atoms with Gasteiger partial charge in [0.2, 0.25) is 5.88 Å². The van der Waals surface area contributed by atoms with Crippen molar-refractivity contribution in [1.29, 1.82) is 0 Å². The van der Waals surface area contributed by atoms with E-state index in [0.29, 0.717) is 5.88 Å². The van der Waals surface area contributed by atoms with Crippen molar-refractivity contribution in [3.8, 4) is 5.88 Å². The highest BCUT2D eigenvalue weighted by atomic mass is 79.9. The molecule has 3 heteroatoms. The van der Waals surface area contributed by atoms with Crippen molar-refractivity contribution in [2.45, 2.75) is 20.3 Å². The Morgan fingerprint density at radius 2 is 2.14 bits per heavy atom. The number of ether oxygens (including phenoxy) is 1. The lowest BCUT2D eigenvalue weighted by Gasteiger charge is -2.21. The fourth-order valence-electron chi connectivity index (χ4n) is 1.24. The van der Waals surface area contributed by atoms with Gasteiger partial charge in [-0.15, -0.1) is 0 Å². The quantitative estimate of drug-likeness (QED) is 0.774. The predicted octanol–water partition coefficient (Wildman–Crippen LogP) is 3.05. The van der Waals surface area contributed by atoms with Crippen LogP contribution in [0.1, 0.15) is 19.4 Å². The maximum Gasteiger partial charge on any atom is 0.212 e. The topological polar surface area (TPSA) is 22.1 Å². The van der Waals surface area contributed by atoms with Crippen LogP contribution in [0.4, 0.5) is 0 Å². The summed E-state index contributed by atoms with van der Waals surface area (Å²) in [5, 5.41) is 0.992. The number of nitrogens with zero attached hydrogens (tertiary/aromatic N) is 1. The zero-order valence-electron chi connectivity index (χ0n) is 8.88. The number of hydrogen-bond donors (Lipinski definition) is 0. The van der Waals surface area contributed by atoms with E-state index in [4.69, 9.17) is 4.74 Å². The number of halogens is 1. The Balaban J connectivity index is 2.69. The second-order valence-corrected chi connectivity index (χ2v) is 4.74. The average molecular weight is 258 g/mol. The van der Waals surface area contributed by atoms with Gasteiger partial charge in [-0.2, -0.15) is 0 Å². The van der Waals surface area contributed by atoms with Crippen LogP contribution in [-0.4, -0.2) is 17.4 Å². The smallest absolute Gasteiger partial charge is 0.212 e. The Morgan fingerprint density at radius 1 is 1.43 bits per heavy atom. The average Bonchev–Trinajstić information content (AvgIpc) is 2.19. The molecule has 0 saturated heterocycles. The summed E-state index contributed by atoms with van der Waals surface area (Å²) in [5.41, 5.74) is 1.52. The molecule has 0 fully saturated rings. The van der Waals surface area contributed by atoms with Crippen LogP contribution in [0.15, 0.2) is 18.3 Å².